The van der Waals surface area contributed by atoms with Crippen molar-refractivity contribution in [3.63, 3.8) is 0 Å². The molecule has 2 amide bonds. The van der Waals surface area contributed by atoms with Gasteiger partial charge in [-0.1, -0.05) is 35.5 Å². The van der Waals surface area contributed by atoms with Crippen LogP contribution < -0.4 is 10.6 Å². The lowest BCUT2D eigenvalue weighted by Crippen LogP contribution is -2.38. The summed E-state index contributed by atoms with van der Waals surface area (Å²) in [5.74, 6) is 0.231. The van der Waals surface area contributed by atoms with E-state index < -0.39 is 0 Å². The minimum atomic E-state index is -0.287. The van der Waals surface area contributed by atoms with Gasteiger partial charge in [0, 0.05) is 49.8 Å². The molecule has 2 aromatic heterocycles. The molecular formula is C25H32N6O4. The van der Waals surface area contributed by atoms with Gasteiger partial charge in [0.25, 0.3) is 0 Å². The van der Waals surface area contributed by atoms with Crippen LogP contribution in [0.25, 0.3) is 11.4 Å². The molecule has 1 aromatic carbocycles. The lowest BCUT2D eigenvalue weighted by atomic mass is 10.0. The molecular weight excluding hydrogens is 448 g/mol. The molecule has 0 spiro atoms. The number of rotatable bonds is 10. The number of amides is 2. The summed E-state index contributed by atoms with van der Waals surface area (Å²) in [6.07, 6.45) is 1.30. The van der Waals surface area contributed by atoms with Crippen LogP contribution in [0.3, 0.4) is 0 Å². The van der Waals surface area contributed by atoms with Crippen molar-refractivity contribution in [2.24, 2.45) is 5.92 Å². The van der Waals surface area contributed by atoms with Gasteiger partial charge in [-0.3, -0.25) is 14.3 Å². The van der Waals surface area contributed by atoms with Crippen LogP contribution in [0.2, 0.25) is 0 Å². The standard InChI is InChI=1S/C25H32N6O4/c1-16-13-17(2)31(29-16)11-9-22(32)27-21-15-19(24(33)26-10-12-34-3)14-20(21)25-28-23(30-35-25)18-7-5-4-6-8-18/h4-8,13,19-21H,9-12,14-15H2,1-3H3,(H,26,33)(H,27,32)/t19-,20-,21+/m1/s1. The Labute approximate surface area is 204 Å². The first-order valence-corrected chi connectivity index (χ1v) is 11.9. The normalized spacial score (nSPS) is 19.6. The van der Waals surface area contributed by atoms with Gasteiger partial charge >= 0.3 is 0 Å². The molecule has 10 nitrogen and oxygen atoms in total. The van der Waals surface area contributed by atoms with Crippen molar-refractivity contribution in [3.8, 4) is 11.4 Å². The fraction of sp³-hybridized carbons (Fsp3) is 0.480. The van der Waals surface area contributed by atoms with Crippen molar-refractivity contribution >= 4 is 11.8 Å². The Kier molecular flexibility index (Phi) is 7.91. The molecule has 2 heterocycles. The van der Waals surface area contributed by atoms with E-state index in [9.17, 15) is 9.59 Å². The zero-order valence-corrected chi connectivity index (χ0v) is 20.4. The van der Waals surface area contributed by atoms with E-state index in [1.54, 1.807) is 7.11 Å². The molecule has 0 bridgehead atoms. The Morgan fingerprint density at radius 1 is 1.20 bits per heavy atom. The molecule has 0 unspecified atom stereocenters. The third-order valence-corrected chi connectivity index (χ3v) is 6.33. The van der Waals surface area contributed by atoms with E-state index in [0.29, 0.717) is 44.3 Å². The van der Waals surface area contributed by atoms with E-state index in [2.05, 4.69) is 25.9 Å². The van der Waals surface area contributed by atoms with Crippen molar-refractivity contribution in [2.75, 3.05) is 20.3 Å². The number of hydrogen-bond donors (Lipinski definition) is 2. The quantitative estimate of drug-likeness (QED) is 0.427. The fourth-order valence-corrected chi connectivity index (χ4v) is 4.58. The van der Waals surface area contributed by atoms with Crippen LogP contribution >= 0.6 is 0 Å². The van der Waals surface area contributed by atoms with Crippen molar-refractivity contribution < 1.29 is 18.8 Å². The lowest BCUT2D eigenvalue weighted by molar-refractivity contribution is -0.125. The summed E-state index contributed by atoms with van der Waals surface area (Å²) < 4.78 is 12.5. The van der Waals surface area contributed by atoms with Crippen LogP contribution in [0, 0.1) is 19.8 Å². The summed E-state index contributed by atoms with van der Waals surface area (Å²) in [6, 6.07) is 11.3. The van der Waals surface area contributed by atoms with Crippen LogP contribution in [0.15, 0.2) is 40.9 Å². The number of aryl methyl sites for hydroxylation is 3. The molecule has 186 valence electrons. The highest BCUT2D eigenvalue weighted by Crippen LogP contribution is 2.38. The summed E-state index contributed by atoms with van der Waals surface area (Å²) in [6.45, 7) is 5.27. The monoisotopic (exact) mass is 480 g/mol. The minimum absolute atomic E-state index is 0.0609. The van der Waals surface area contributed by atoms with Crippen molar-refractivity contribution in [3.05, 3.63) is 53.7 Å². The van der Waals surface area contributed by atoms with Gasteiger partial charge in [0.2, 0.25) is 23.5 Å². The largest absolute Gasteiger partial charge is 0.383 e. The first-order valence-electron chi connectivity index (χ1n) is 11.9. The van der Waals surface area contributed by atoms with Crippen LogP contribution in [0.1, 0.15) is 42.5 Å². The Hall–Kier alpha value is -3.53. The van der Waals surface area contributed by atoms with Gasteiger partial charge in [-0.15, -0.1) is 0 Å². The van der Waals surface area contributed by atoms with E-state index in [1.807, 2.05) is 54.9 Å². The van der Waals surface area contributed by atoms with Gasteiger partial charge in [0.15, 0.2) is 0 Å². The molecule has 1 aliphatic rings. The maximum Gasteiger partial charge on any atom is 0.232 e. The number of nitrogens with one attached hydrogen (secondary N) is 2. The number of aromatic nitrogens is 4. The first-order chi connectivity index (χ1) is 16.9. The molecule has 3 aromatic rings. The molecule has 0 aliphatic heterocycles. The van der Waals surface area contributed by atoms with Gasteiger partial charge in [0.1, 0.15) is 0 Å². The number of hydrogen-bond acceptors (Lipinski definition) is 7. The Bertz CT molecular complexity index is 1140. The second-order valence-corrected chi connectivity index (χ2v) is 8.96. The molecule has 2 N–H and O–H groups in total. The third kappa shape index (κ3) is 6.13. The highest BCUT2D eigenvalue weighted by atomic mass is 16.5. The van der Waals surface area contributed by atoms with E-state index in [1.165, 1.54) is 0 Å². The number of benzene rings is 1. The molecule has 35 heavy (non-hydrogen) atoms. The predicted octanol–water partition coefficient (Wildman–Crippen LogP) is 2.38. The van der Waals surface area contributed by atoms with Crippen LogP contribution in [0.4, 0.5) is 0 Å². The van der Waals surface area contributed by atoms with Crippen molar-refractivity contribution in [1.29, 1.82) is 0 Å². The number of nitrogens with zero attached hydrogens (tertiary/aromatic N) is 4. The van der Waals surface area contributed by atoms with Gasteiger partial charge in [-0.2, -0.15) is 10.1 Å². The molecule has 0 saturated heterocycles. The highest BCUT2D eigenvalue weighted by Gasteiger charge is 2.42. The van der Waals surface area contributed by atoms with E-state index >= 15 is 0 Å². The minimum Gasteiger partial charge on any atom is -0.383 e. The predicted molar refractivity (Wildman–Crippen MR) is 128 cm³/mol. The first kappa shape index (κ1) is 24.6. The SMILES string of the molecule is COCCNC(=O)[C@H]1C[C@H](NC(=O)CCn2nc(C)cc2C)[C@H](c2nc(-c3ccccc3)no2)C1. The number of ether oxygens (including phenoxy) is 1. The fourth-order valence-electron chi connectivity index (χ4n) is 4.58. The zero-order chi connectivity index (χ0) is 24.8. The summed E-state index contributed by atoms with van der Waals surface area (Å²) in [5, 5.41) is 14.6. The summed E-state index contributed by atoms with van der Waals surface area (Å²) in [5.41, 5.74) is 2.78. The number of methoxy groups -OCH3 is 1. The summed E-state index contributed by atoms with van der Waals surface area (Å²) >= 11 is 0. The van der Waals surface area contributed by atoms with Gasteiger partial charge < -0.3 is 19.9 Å². The molecule has 1 saturated carbocycles. The lowest BCUT2D eigenvalue weighted by Gasteiger charge is -2.18. The van der Waals surface area contributed by atoms with E-state index in [4.69, 9.17) is 9.26 Å². The zero-order valence-electron chi connectivity index (χ0n) is 20.4. The summed E-state index contributed by atoms with van der Waals surface area (Å²) in [4.78, 5) is 30.2. The Balaban J connectivity index is 1.46. The molecule has 1 fully saturated rings. The Morgan fingerprint density at radius 2 is 2.00 bits per heavy atom. The van der Waals surface area contributed by atoms with Crippen molar-refractivity contribution in [2.45, 2.75) is 51.6 Å². The topological polar surface area (TPSA) is 124 Å². The second kappa shape index (κ2) is 11.3. The van der Waals surface area contributed by atoms with Gasteiger partial charge in [-0.25, -0.2) is 0 Å². The molecule has 4 rings (SSSR count). The van der Waals surface area contributed by atoms with Crippen LogP contribution in [0.5, 0.6) is 0 Å². The maximum absolute atomic E-state index is 12.8. The molecule has 3 atom stereocenters. The molecule has 0 radical (unpaired) electrons. The Morgan fingerprint density at radius 3 is 2.71 bits per heavy atom. The smallest absolute Gasteiger partial charge is 0.232 e. The molecule has 10 heteroatoms. The van der Waals surface area contributed by atoms with Gasteiger partial charge in [-0.05, 0) is 32.8 Å². The van der Waals surface area contributed by atoms with Crippen molar-refractivity contribution in [1.82, 2.24) is 30.6 Å². The van der Waals surface area contributed by atoms with Gasteiger partial charge in [0.05, 0.1) is 18.2 Å². The third-order valence-electron chi connectivity index (χ3n) is 6.33. The maximum atomic E-state index is 12.8. The number of carbonyl (C=O) groups excluding carboxylic acids is 2. The van der Waals surface area contributed by atoms with Crippen LogP contribution in [-0.2, 0) is 20.9 Å². The highest BCUT2D eigenvalue weighted by molar-refractivity contribution is 5.80. The summed E-state index contributed by atoms with van der Waals surface area (Å²) in [7, 11) is 1.59. The second-order valence-electron chi connectivity index (χ2n) is 8.96. The average Bonchev–Trinajstić information content (AvgIpc) is 3.57. The average molecular weight is 481 g/mol. The number of carbonyl (C=O) groups is 2. The van der Waals surface area contributed by atoms with E-state index in [-0.39, 0.29) is 36.1 Å². The molecule has 1 aliphatic carbocycles. The van der Waals surface area contributed by atoms with Crippen LogP contribution in [-0.4, -0.2) is 58.0 Å². The van der Waals surface area contributed by atoms with E-state index in [0.717, 1.165) is 17.0 Å².